The number of hydrogen-bond acceptors (Lipinski definition) is 3. The van der Waals surface area contributed by atoms with Crippen molar-refractivity contribution in [2.45, 2.75) is 23.3 Å². The lowest BCUT2D eigenvalue weighted by molar-refractivity contribution is 0.0721. The third kappa shape index (κ3) is 2.95. The third-order valence-corrected chi connectivity index (χ3v) is 7.16. The molecule has 0 radical (unpaired) electrons. The van der Waals surface area contributed by atoms with Gasteiger partial charge in [0.1, 0.15) is 0 Å². The van der Waals surface area contributed by atoms with Gasteiger partial charge in [-0.1, -0.05) is 18.2 Å². The van der Waals surface area contributed by atoms with Crippen molar-refractivity contribution in [2.24, 2.45) is 0 Å². The highest BCUT2D eigenvalue weighted by Gasteiger charge is 2.39. The fourth-order valence-electron chi connectivity index (χ4n) is 2.78. The summed E-state index contributed by atoms with van der Waals surface area (Å²) >= 11 is 4.14. The maximum absolute atomic E-state index is 12.5. The zero-order valence-corrected chi connectivity index (χ0v) is 12.6. The van der Waals surface area contributed by atoms with Crippen molar-refractivity contribution < 1.29 is 4.79 Å². The molecule has 0 aliphatic carbocycles. The van der Waals surface area contributed by atoms with Gasteiger partial charge >= 0.3 is 0 Å². The van der Waals surface area contributed by atoms with E-state index in [9.17, 15) is 4.79 Å². The van der Waals surface area contributed by atoms with Crippen LogP contribution in [-0.2, 0) is 0 Å². The first-order valence-corrected chi connectivity index (χ1v) is 8.88. The number of thioether (sulfide) groups is 2. The van der Waals surface area contributed by atoms with Crippen LogP contribution in [-0.4, -0.2) is 39.5 Å². The number of carbonyl (C=O) groups excluding carboxylic acids is 1. The van der Waals surface area contributed by atoms with E-state index in [2.05, 4.69) is 28.4 Å². The highest BCUT2D eigenvalue weighted by molar-refractivity contribution is 8.18. The monoisotopic (exact) mass is 293 g/mol. The fraction of sp³-hybridized carbons (Fsp3) is 0.533. The first-order valence-electron chi connectivity index (χ1n) is 6.91. The van der Waals surface area contributed by atoms with Crippen molar-refractivity contribution in [3.8, 4) is 0 Å². The summed E-state index contributed by atoms with van der Waals surface area (Å²) in [5.74, 6) is 2.70. The SMILES string of the molecule is O=C(c1ccccc1)N1CCCC2(C1)SCCCS2. The maximum Gasteiger partial charge on any atom is 0.253 e. The quantitative estimate of drug-likeness (QED) is 0.790. The Balaban J connectivity index is 1.73. The van der Waals surface area contributed by atoms with Gasteiger partial charge in [-0.2, -0.15) is 0 Å². The summed E-state index contributed by atoms with van der Waals surface area (Å²) in [6.07, 6.45) is 3.70. The standard InChI is InChI=1S/C15H19NOS2/c17-14(13-6-2-1-3-7-13)16-9-4-8-15(12-16)18-10-5-11-19-15/h1-3,6-7H,4-5,8-12H2. The fourth-order valence-corrected chi connectivity index (χ4v) is 6.19. The second-order valence-electron chi connectivity index (χ2n) is 5.16. The number of hydrogen-bond donors (Lipinski definition) is 0. The van der Waals surface area contributed by atoms with E-state index in [1.807, 2.05) is 30.3 Å². The van der Waals surface area contributed by atoms with Crippen LogP contribution in [0.3, 0.4) is 0 Å². The van der Waals surface area contributed by atoms with Gasteiger partial charge in [-0.25, -0.2) is 0 Å². The average Bonchev–Trinajstić information content (AvgIpc) is 2.48. The summed E-state index contributed by atoms with van der Waals surface area (Å²) in [6, 6.07) is 9.69. The molecule has 2 fully saturated rings. The normalized spacial score (nSPS) is 22.4. The van der Waals surface area contributed by atoms with Crippen molar-refractivity contribution in [1.82, 2.24) is 4.90 Å². The minimum absolute atomic E-state index is 0.200. The molecule has 0 aromatic heterocycles. The Morgan fingerprint density at radius 3 is 2.58 bits per heavy atom. The zero-order valence-electron chi connectivity index (χ0n) is 11.0. The van der Waals surface area contributed by atoms with E-state index >= 15 is 0 Å². The molecule has 2 saturated heterocycles. The van der Waals surface area contributed by atoms with Gasteiger partial charge in [0.15, 0.2) is 0 Å². The van der Waals surface area contributed by atoms with Crippen molar-refractivity contribution in [2.75, 3.05) is 24.6 Å². The molecular weight excluding hydrogens is 274 g/mol. The molecule has 1 aromatic rings. The summed E-state index contributed by atoms with van der Waals surface area (Å²) in [7, 11) is 0. The minimum Gasteiger partial charge on any atom is -0.336 e. The van der Waals surface area contributed by atoms with Crippen LogP contribution in [0.2, 0.25) is 0 Å². The molecule has 1 aromatic carbocycles. The molecule has 0 atom stereocenters. The van der Waals surface area contributed by atoms with Crippen LogP contribution in [0.4, 0.5) is 0 Å². The van der Waals surface area contributed by atoms with Crippen molar-refractivity contribution in [3.63, 3.8) is 0 Å². The predicted octanol–water partition coefficient (Wildman–Crippen LogP) is 3.49. The molecule has 19 heavy (non-hydrogen) atoms. The van der Waals surface area contributed by atoms with E-state index < -0.39 is 0 Å². The number of benzene rings is 1. The number of carbonyl (C=O) groups is 1. The van der Waals surface area contributed by atoms with Crippen LogP contribution >= 0.6 is 23.5 Å². The predicted molar refractivity (Wildman–Crippen MR) is 83.8 cm³/mol. The van der Waals surface area contributed by atoms with E-state index in [-0.39, 0.29) is 9.99 Å². The van der Waals surface area contributed by atoms with E-state index in [1.54, 1.807) is 0 Å². The van der Waals surface area contributed by atoms with Gasteiger partial charge in [0.05, 0.1) is 4.08 Å². The van der Waals surface area contributed by atoms with Crippen LogP contribution in [0.1, 0.15) is 29.6 Å². The van der Waals surface area contributed by atoms with Crippen LogP contribution < -0.4 is 0 Å². The van der Waals surface area contributed by atoms with Gasteiger partial charge in [0.25, 0.3) is 5.91 Å². The molecule has 0 unspecified atom stereocenters. The van der Waals surface area contributed by atoms with E-state index in [1.165, 1.54) is 24.3 Å². The molecule has 102 valence electrons. The Morgan fingerprint density at radius 1 is 1.11 bits per heavy atom. The highest BCUT2D eigenvalue weighted by Crippen LogP contribution is 2.47. The average molecular weight is 293 g/mol. The molecule has 0 N–H and O–H groups in total. The third-order valence-electron chi connectivity index (χ3n) is 3.74. The van der Waals surface area contributed by atoms with Crippen molar-refractivity contribution >= 4 is 29.4 Å². The molecule has 2 heterocycles. The van der Waals surface area contributed by atoms with E-state index in [0.717, 1.165) is 25.1 Å². The molecular formula is C15H19NOS2. The molecule has 3 rings (SSSR count). The largest absolute Gasteiger partial charge is 0.336 e. The Bertz CT molecular complexity index is 437. The molecule has 0 bridgehead atoms. The van der Waals surface area contributed by atoms with Gasteiger partial charge in [-0.3, -0.25) is 4.79 Å². The molecule has 1 spiro atoms. The smallest absolute Gasteiger partial charge is 0.253 e. The van der Waals surface area contributed by atoms with Crippen LogP contribution in [0.15, 0.2) is 30.3 Å². The Kier molecular flexibility index (Phi) is 4.08. The lowest BCUT2D eigenvalue weighted by Crippen LogP contribution is -2.48. The van der Waals surface area contributed by atoms with Crippen molar-refractivity contribution in [1.29, 1.82) is 0 Å². The Hall–Kier alpha value is -0.610. The summed E-state index contributed by atoms with van der Waals surface area (Å²) in [6.45, 7) is 1.83. The summed E-state index contributed by atoms with van der Waals surface area (Å²) in [5, 5.41) is 0. The minimum atomic E-state index is 0.200. The number of amides is 1. The number of piperidine rings is 1. The summed E-state index contributed by atoms with van der Waals surface area (Å²) in [5.41, 5.74) is 0.824. The van der Waals surface area contributed by atoms with Gasteiger partial charge in [0, 0.05) is 18.7 Å². The first-order chi connectivity index (χ1) is 9.29. The molecule has 1 amide bonds. The topological polar surface area (TPSA) is 20.3 Å². The number of nitrogens with zero attached hydrogens (tertiary/aromatic N) is 1. The number of likely N-dealkylation sites (tertiary alicyclic amines) is 1. The van der Waals surface area contributed by atoms with Crippen LogP contribution in [0.25, 0.3) is 0 Å². The molecule has 4 heteroatoms. The summed E-state index contributed by atoms with van der Waals surface area (Å²) < 4.78 is 0.279. The molecule has 2 aliphatic heterocycles. The highest BCUT2D eigenvalue weighted by atomic mass is 32.2. The second kappa shape index (κ2) is 5.80. The van der Waals surface area contributed by atoms with Crippen LogP contribution in [0.5, 0.6) is 0 Å². The van der Waals surface area contributed by atoms with Gasteiger partial charge < -0.3 is 4.90 Å². The Labute approximate surface area is 123 Å². The van der Waals surface area contributed by atoms with E-state index in [0.29, 0.717) is 0 Å². The Morgan fingerprint density at radius 2 is 1.84 bits per heavy atom. The molecule has 2 aliphatic rings. The zero-order chi connectivity index (χ0) is 13.1. The summed E-state index contributed by atoms with van der Waals surface area (Å²) in [4.78, 5) is 14.6. The van der Waals surface area contributed by atoms with Gasteiger partial charge in [0.2, 0.25) is 0 Å². The van der Waals surface area contributed by atoms with Crippen molar-refractivity contribution in [3.05, 3.63) is 35.9 Å². The van der Waals surface area contributed by atoms with E-state index in [4.69, 9.17) is 0 Å². The van der Waals surface area contributed by atoms with Gasteiger partial charge in [-0.15, -0.1) is 23.5 Å². The first kappa shape index (κ1) is 13.4. The second-order valence-corrected chi connectivity index (χ2v) is 8.37. The molecule has 2 nitrogen and oxygen atoms in total. The van der Waals surface area contributed by atoms with Crippen LogP contribution in [0, 0.1) is 0 Å². The lowest BCUT2D eigenvalue weighted by Gasteiger charge is -2.44. The maximum atomic E-state index is 12.5. The van der Waals surface area contributed by atoms with Gasteiger partial charge in [-0.05, 0) is 42.9 Å². The lowest BCUT2D eigenvalue weighted by atomic mass is 10.1. The number of rotatable bonds is 1. The molecule has 0 saturated carbocycles.